The third kappa shape index (κ3) is 5.48. The molecule has 0 bridgehead atoms. The van der Waals surface area contributed by atoms with E-state index in [9.17, 15) is 9.59 Å². The number of thiazole rings is 1. The number of nitrogens with one attached hydrogen (secondary N) is 1. The van der Waals surface area contributed by atoms with E-state index in [1.165, 1.54) is 23.5 Å². The topological polar surface area (TPSA) is 68.3 Å². The first-order valence-corrected chi connectivity index (χ1v) is 10.5. The van der Waals surface area contributed by atoms with Gasteiger partial charge in [-0.05, 0) is 30.7 Å². The highest BCUT2D eigenvalue weighted by molar-refractivity contribution is 7.09. The third-order valence-corrected chi connectivity index (χ3v) is 5.95. The summed E-state index contributed by atoms with van der Waals surface area (Å²) < 4.78 is 5.24. The standard InChI is InChI=1S/C20H15Cl3N2O3S/c1-11-4-2-3-5-15(11)25-16(26)8-17-24-12(10-29-17)9-28-20(27)18-13(21)6-7-14(22)19(18)23/h2-7,10H,8-9H2,1H3,(H,25,26). The number of aryl methyl sites for hydroxylation is 1. The quantitative estimate of drug-likeness (QED) is 0.358. The molecule has 0 spiro atoms. The van der Waals surface area contributed by atoms with Crippen molar-refractivity contribution in [3.8, 4) is 0 Å². The van der Waals surface area contributed by atoms with E-state index in [2.05, 4.69) is 10.3 Å². The van der Waals surface area contributed by atoms with Crippen LogP contribution in [0, 0.1) is 6.92 Å². The molecular weight excluding hydrogens is 455 g/mol. The molecule has 1 amide bonds. The van der Waals surface area contributed by atoms with Gasteiger partial charge in [0.1, 0.15) is 11.6 Å². The fourth-order valence-electron chi connectivity index (χ4n) is 2.47. The number of aromatic nitrogens is 1. The van der Waals surface area contributed by atoms with Crippen molar-refractivity contribution in [3.05, 3.63) is 78.7 Å². The zero-order valence-electron chi connectivity index (χ0n) is 15.2. The molecule has 0 aliphatic heterocycles. The molecule has 0 radical (unpaired) electrons. The molecule has 5 nitrogen and oxygen atoms in total. The van der Waals surface area contributed by atoms with Gasteiger partial charge < -0.3 is 10.1 Å². The normalized spacial score (nSPS) is 10.6. The number of ether oxygens (including phenoxy) is 1. The molecule has 2 aromatic carbocycles. The van der Waals surface area contributed by atoms with Crippen LogP contribution in [0.25, 0.3) is 0 Å². The third-order valence-electron chi connectivity index (χ3n) is 3.93. The van der Waals surface area contributed by atoms with E-state index in [0.717, 1.165) is 11.3 Å². The number of amides is 1. The van der Waals surface area contributed by atoms with Crippen LogP contribution in [0.4, 0.5) is 5.69 Å². The van der Waals surface area contributed by atoms with Gasteiger partial charge >= 0.3 is 5.97 Å². The highest BCUT2D eigenvalue weighted by atomic mass is 35.5. The Morgan fingerprint density at radius 3 is 2.59 bits per heavy atom. The molecular formula is C20H15Cl3N2O3S. The van der Waals surface area contributed by atoms with E-state index in [-0.39, 0.29) is 39.6 Å². The van der Waals surface area contributed by atoms with Gasteiger partial charge in [-0.15, -0.1) is 11.3 Å². The lowest BCUT2D eigenvalue weighted by molar-refractivity contribution is -0.115. The van der Waals surface area contributed by atoms with Gasteiger partial charge in [0.15, 0.2) is 0 Å². The van der Waals surface area contributed by atoms with Crippen LogP contribution in [-0.2, 0) is 22.6 Å². The van der Waals surface area contributed by atoms with Gasteiger partial charge in [0.25, 0.3) is 0 Å². The Morgan fingerprint density at radius 2 is 1.83 bits per heavy atom. The molecule has 29 heavy (non-hydrogen) atoms. The summed E-state index contributed by atoms with van der Waals surface area (Å²) in [4.78, 5) is 28.9. The molecule has 3 rings (SSSR count). The number of para-hydroxylation sites is 1. The summed E-state index contributed by atoms with van der Waals surface area (Å²) in [6.07, 6.45) is 0.124. The van der Waals surface area contributed by atoms with Gasteiger partial charge in [-0.3, -0.25) is 4.79 Å². The number of halogens is 3. The van der Waals surface area contributed by atoms with Crippen molar-refractivity contribution in [1.29, 1.82) is 0 Å². The second-order valence-electron chi connectivity index (χ2n) is 6.07. The first kappa shape index (κ1) is 21.6. The number of benzene rings is 2. The minimum absolute atomic E-state index is 0.00824. The number of hydrogen-bond donors (Lipinski definition) is 1. The minimum atomic E-state index is -0.700. The Kier molecular flexibility index (Phi) is 7.14. The molecule has 0 aliphatic carbocycles. The Bertz CT molecular complexity index is 1070. The summed E-state index contributed by atoms with van der Waals surface area (Å²) in [5.41, 5.74) is 2.27. The molecule has 9 heteroatoms. The molecule has 3 aromatic rings. The predicted molar refractivity (Wildman–Crippen MR) is 116 cm³/mol. The average Bonchev–Trinajstić information content (AvgIpc) is 3.12. The number of nitrogens with zero attached hydrogens (tertiary/aromatic N) is 1. The number of esters is 1. The largest absolute Gasteiger partial charge is 0.455 e. The lowest BCUT2D eigenvalue weighted by Gasteiger charge is -2.08. The molecule has 0 aliphatic rings. The molecule has 1 N–H and O–H groups in total. The van der Waals surface area contributed by atoms with E-state index in [1.54, 1.807) is 5.38 Å². The Hall–Kier alpha value is -2.12. The predicted octanol–water partition coefficient (Wildman–Crippen LogP) is 5.95. The van der Waals surface area contributed by atoms with Gasteiger partial charge in [-0.2, -0.15) is 0 Å². The molecule has 1 aromatic heterocycles. The summed E-state index contributed by atoms with van der Waals surface area (Å²) in [7, 11) is 0. The second-order valence-corrected chi connectivity index (χ2v) is 8.20. The number of anilines is 1. The van der Waals surface area contributed by atoms with Gasteiger partial charge in [0.2, 0.25) is 5.91 Å². The zero-order valence-corrected chi connectivity index (χ0v) is 18.3. The maximum Gasteiger partial charge on any atom is 0.341 e. The van der Waals surface area contributed by atoms with E-state index < -0.39 is 5.97 Å². The lowest BCUT2D eigenvalue weighted by atomic mass is 10.2. The Morgan fingerprint density at radius 1 is 1.10 bits per heavy atom. The molecule has 1 heterocycles. The van der Waals surface area contributed by atoms with Crippen LogP contribution in [0.2, 0.25) is 15.1 Å². The molecule has 0 atom stereocenters. The van der Waals surface area contributed by atoms with Crippen molar-refractivity contribution in [3.63, 3.8) is 0 Å². The highest BCUT2D eigenvalue weighted by Crippen LogP contribution is 2.32. The first-order valence-electron chi connectivity index (χ1n) is 8.44. The van der Waals surface area contributed by atoms with Crippen LogP contribution in [0.3, 0.4) is 0 Å². The monoisotopic (exact) mass is 468 g/mol. The zero-order chi connectivity index (χ0) is 21.0. The Balaban J connectivity index is 1.58. The van der Waals surface area contributed by atoms with E-state index in [0.29, 0.717) is 10.7 Å². The van der Waals surface area contributed by atoms with Crippen molar-refractivity contribution in [2.24, 2.45) is 0 Å². The second kappa shape index (κ2) is 9.59. The molecule has 0 saturated carbocycles. The Labute approximate surface area is 186 Å². The maximum absolute atomic E-state index is 12.3. The maximum atomic E-state index is 12.3. The van der Waals surface area contributed by atoms with Crippen LogP contribution in [0.1, 0.15) is 26.6 Å². The SMILES string of the molecule is Cc1ccccc1NC(=O)Cc1nc(COC(=O)c2c(Cl)ccc(Cl)c2Cl)cs1. The van der Waals surface area contributed by atoms with Crippen LogP contribution < -0.4 is 5.32 Å². The molecule has 150 valence electrons. The van der Waals surface area contributed by atoms with Gasteiger partial charge in [-0.1, -0.05) is 53.0 Å². The van der Waals surface area contributed by atoms with Crippen molar-refractivity contribution >= 4 is 63.7 Å². The van der Waals surface area contributed by atoms with Crippen LogP contribution >= 0.6 is 46.1 Å². The van der Waals surface area contributed by atoms with E-state index in [1.807, 2.05) is 31.2 Å². The lowest BCUT2D eigenvalue weighted by Crippen LogP contribution is -2.15. The summed E-state index contributed by atoms with van der Waals surface area (Å²) in [6, 6.07) is 10.5. The van der Waals surface area contributed by atoms with Gasteiger partial charge in [-0.25, -0.2) is 9.78 Å². The van der Waals surface area contributed by atoms with E-state index in [4.69, 9.17) is 39.5 Å². The van der Waals surface area contributed by atoms with Crippen molar-refractivity contribution in [2.75, 3.05) is 5.32 Å². The fraction of sp³-hybridized carbons (Fsp3) is 0.150. The smallest absolute Gasteiger partial charge is 0.341 e. The van der Waals surface area contributed by atoms with Crippen molar-refractivity contribution in [1.82, 2.24) is 4.98 Å². The van der Waals surface area contributed by atoms with E-state index >= 15 is 0 Å². The minimum Gasteiger partial charge on any atom is -0.455 e. The number of rotatable bonds is 6. The number of carbonyl (C=O) groups is 2. The first-order chi connectivity index (χ1) is 13.8. The summed E-state index contributed by atoms with van der Waals surface area (Å²) >= 11 is 19.3. The number of hydrogen-bond acceptors (Lipinski definition) is 5. The molecule has 0 fully saturated rings. The van der Waals surface area contributed by atoms with Crippen LogP contribution in [0.15, 0.2) is 41.8 Å². The van der Waals surface area contributed by atoms with Crippen molar-refractivity contribution < 1.29 is 14.3 Å². The fourth-order valence-corrected chi connectivity index (χ4v) is 3.93. The number of carbonyl (C=O) groups excluding carboxylic acids is 2. The van der Waals surface area contributed by atoms with Gasteiger partial charge in [0, 0.05) is 11.1 Å². The van der Waals surface area contributed by atoms with Crippen LogP contribution in [0.5, 0.6) is 0 Å². The van der Waals surface area contributed by atoms with Crippen LogP contribution in [-0.4, -0.2) is 16.9 Å². The average molecular weight is 470 g/mol. The summed E-state index contributed by atoms with van der Waals surface area (Å²) in [5, 5.41) is 5.59. The molecule has 0 unspecified atom stereocenters. The molecule has 0 saturated heterocycles. The summed E-state index contributed by atoms with van der Waals surface area (Å²) in [5.74, 6) is -0.871. The van der Waals surface area contributed by atoms with Crippen molar-refractivity contribution in [2.45, 2.75) is 20.0 Å². The highest BCUT2D eigenvalue weighted by Gasteiger charge is 2.19. The van der Waals surface area contributed by atoms with Gasteiger partial charge in [0.05, 0.1) is 32.7 Å². The summed E-state index contributed by atoms with van der Waals surface area (Å²) in [6.45, 7) is 1.85.